The molecule has 20 heavy (non-hydrogen) atoms. The molecule has 0 bridgehead atoms. The lowest BCUT2D eigenvalue weighted by Crippen LogP contribution is -2.26. The van der Waals surface area contributed by atoms with Crippen molar-refractivity contribution in [2.75, 3.05) is 0 Å². The number of hydrogen-bond donors (Lipinski definition) is 1. The van der Waals surface area contributed by atoms with E-state index in [1.54, 1.807) is 0 Å². The second-order valence-corrected chi connectivity index (χ2v) is 8.01. The first kappa shape index (κ1) is 14.4. The normalized spacial score (nSPS) is 20.8. The Morgan fingerprint density at radius 3 is 2.70 bits per heavy atom. The van der Waals surface area contributed by atoms with E-state index < -0.39 is 0 Å². The molecule has 0 spiro atoms. The van der Waals surface area contributed by atoms with Gasteiger partial charge in [-0.1, -0.05) is 29.8 Å². The lowest BCUT2D eigenvalue weighted by molar-refractivity contribution is 0.0987. The van der Waals surface area contributed by atoms with Crippen LogP contribution in [0.25, 0.3) is 5.69 Å². The molecule has 4 heteroatoms. The molecule has 106 valence electrons. The van der Waals surface area contributed by atoms with E-state index in [-0.39, 0.29) is 11.5 Å². The van der Waals surface area contributed by atoms with E-state index >= 15 is 0 Å². The molecule has 0 radical (unpaired) electrons. The molecule has 1 heterocycles. The third-order valence-corrected chi connectivity index (χ3v) is 5.08. The second kappa shape index (κ2) is 5.00. The number of fused-ring (bicyclic) bond motifs is 1. The van der Waals surface area contributed by atoms with Gasteiger partial charge in [0, 0.05) is 26.4 Å². The van der Waals surface area contributed by atoms with Gasteiger partial charge < -0.3 is 9.67 Å². The van der Waals surface area contributed by atoms with Gasteiger partial charge in [-0.15, -0.1) is 0 Å². The zero-order chi connectivity index (χ0) is 14.5. The van der Waals surface area contributed by atoms with Crippen LogP contribution >= 0.6 is 31.9 Å². The molecule has 1 unspecified atom stereocenters. The van der Waals surface area contributed by atoms with Gasteiger partial charge >= 0.3 is 0 Å². The zero-order valence-electron chi connectivity index (χ0n) is 11.5. The average Bonchev–Trinajstić information content (AvgIpc) is 2.71. The lowest BCUT2D eigenvalue weighted by Gasteiger charge is -2.34. The second-order valence-electron chi connectivity index (χ2n) is 6.24. The molecule has 1 aromatic carbocycles. The maximum absolute atomic E-state index is 10.3. The number of hydrogen-bond acceptors (Lipinski definition) is 1. The highest BCUT2D eigenvalue weighted by Gasteiger charge is 2.33. The van der Waals surface area contributed by atoms with E-state index in [4.69, 9.17) is 0 Å². The fourth-order valence-electron chi connectivity index (χ4n) is 3.03. The van der Waals surface area contributed by atoms with E-state index in [1.807, 2.05) is 18.2 Å². The van der Waals surface area contributed by atoms with Crippen LogP contribution in [0.15, 0.2) is 39.4 Å². The maximum atomic E-state index is 10.3. The highest BCUT2D eigenvalue weighted by atomic mass is 79.9. The van der Waals surface area contributed by atoms with Crippen molar-refractivity contribution in [3.63, 3.8) is 0 Å². The summed E-state index contributed by atoms with van der Waals surface area (Å²) in [4.78, 5) is 0. The van der Waals surface area contributed by atoms with E-state index in [9.17, 15) is 5.11 Å². The van der Waals surface area contributed by atoms with Crippen LogP contribution in [0.3, 0.4) is 0 Å². The number of aliphatic hydroxyl groups excluding tert-OH is 1. The van der Waals surface area contributed by atoms with Crippen LogP contribution in [0, 0.1) is 5.41 Å². The molecule has 1 aliphatic rings. The molecular weight excluding hydrogens is 382 g/mol. The van der Waals surface area contributed by atoms with E-state index in [0.717, 1.165) is 33.0 Å². The van der Waals surface area contributed by atoms with Crippen LogP contribution < -0.4 is 0 Å². The SMILES string of the molecule is CC1(C)Cc2c(ccn2-c2ccc(Br)cc2Br)C(O)C1. The number of rotatable bonds is 1. The summed E-state index contributed by atoms with van der Waals surface area (Å²) in [6.07, 6.45) is 3.51. The van der Waals surface area contributed by atoms with Crippen molar-refractivity contribution in [2.24, 2.45) is 5.41 Å². The molecule has 1 atom stereocenters. The predicted octanol–water partition coefficient (Wildman–Crippen LogP) is 5.01. The van der Waals surface area contributed by atoms with Gasteiger partial charge in [-0.2, -0.15) is 0 Å². The number of aliphatic hydroxyl groups is 1. The minimum atomic E-state index is -0.357. The minimum absolute atomic E-state index is 0.129. The summed E-state index contributed by atoms with van der Waals surface area (Å²) in [5.41, 5.74) is 3.53. The van der Waals surface area contributed by atoms with Crippen molar-refractivity contribution in [1.29, 1.82) is 0 Å². The summed E-state index contributed by atoms with van der Waals surface area (Å²) in [5.74, 6) is 0. The topological polar surface area (TPSA) is 25.2 Å². The Labute approximate surface area is 136 Å². The van der Waals surface area contributed by atoms with Crippen LogP contribution in [0.4, 0.5) is 0 Å². The summed E-state index contributed by atoms with van der Waals surface area (Å²) in [7, 11) is 0. The molecule has 0 amide bonds. The molecule has 1 aliphatic carbocycles. The molecule has 0 saturated heterocycles. The van der Waals surface area contributed by atoms with Crippen molar-refractivity contribution in [1.82, 2.24) is 4.57 Å². The van der Waals surface area contributed by atoms with E-state index in [2.05, 4.69) is 62.5 Å². The number of nitrogens with zero attached hydrogens (tertiary/aromatic N) is 1. The van der Waals surface area contributed by atoms with Gasteiger partial charge in [-0.05, 0) is 58.5 Å². The Kier molecular flexibility index (Phi) is 3.59. The fourth-order valence-corrected chi connectivity index (χ4v) is 4.27. The summed E-state index contributed by atoms with van der Waals surface area (Å²) >= 11 is 7.11. The van der Waals surface area contributed by atoms with Crippen LogP contribution in [0.2, 0.25) is 0 Å². The Balaban J connectivity index is 2.13. The van der Waals surface area contributed by atoms with Gasteiger partial charge in [-0.3, -0.25) is 0 Å². The van der Waals surface area contributed by atoms with Gasteiger partial charge in [0.15, 0.2) is 0 Å². The van der Waals surface area contributed by atoms with Crippen molar-refractivity contribution in [2.45, 2.75) is 32.8 Å². The van der Waals surface area contributed by atoms with E-state index in [0.29, 0.717) is 0 Å². The Morgan fingerprint density at radius 1 is 1.25 bits per heavy atom. The summed E-state index contributed by atoms with van der Waals surface area (Å²) in [5, 5.41) is 10.3. The Morgan fingerprint density at radius 2 is 2.00 bits per heavy atom. The third kappa shape index (κ3) is 2.49. The van der Waals surface area contributed by atoms with Gasteiger partial charge in [0.2, 0.25) is 0 Å². The monoisotopic (exact) mass is 397 g/mol. The van der Waals surface area contributed by atoms with Crippen LogP contribution in [0.1, 0.15) is 37.6 Å². The molecule has 0 fully saturated rings. The molecular formula is C16H17Br2NO. The highest BCUT2D eigenvalue weighted by molar-refractivity contribution is 9.11. The Bertz CT molecular complexity index is 660. The molecule has 0 aliphatic heterocycles. The summed E-state index contributed by atoms with van der Waals surface area (Å²) in [6.45, 7) is 4.43. The standard InChI is InChI=1S/C16H17Br2NO/c1-16(2)8-14-11(15(20)9-16)5-6-19(14)13-4-3-10(17)7-12(13)18/h3-7,15,20H,8-9H2,1-2H3. The minimum Gasteiger partial charge on any atom is -0.388 e. The molecule has 3 rings (SSSR count). The first-order valence-corrected chi connectivity index (χ1v) is 8.30. The maximum Gasteiger partial charge on any atom is 0.0812 e. The smallest absolute Gasteiger partial charge is 0.0812 e. The van der Waals surface area contributed by atoms with Crippen molar-refractivity contribution in [3.8, 4) is 5.69 Å². The van der Waals surface area contributed by atoms with Crippen molar-refractivity contribution >= 4 is 31.9 Å². The van der Waals surface area contributed by atoms with Gasteiger partial charge in [0.25, 0.3) is 0 Å². The Hall–Kier alpha value is -0.580. The summed E-state index contributed by atoms with van der Waals surface area (Å²) < 4.78 is 4.29. The first-order chi connectivity index (χ1) is 9.37. The van der Waals surface area contributed by atoms with Crippen LogP contribution in [-0.4, -0.2) is 9.67 Å². The molecule has 1 N–H and O–H groups in total. The molecule has 2 aromatic rings. The first-order valence-electron chi connectivity index (χ1n) is 6.71. The summed E-state index contributed by atoms with van der Waals surface area (Å²) in [6, 6.07) is 8.22. The number of benzene rings is 1. The molecule has 2 nitrogen and oxygen atoms in total. The number of halogens is 2. The number of aromatic nitrogens is 1. The van der Waals surface area contributed by atoms with Crippen molar-refractivity contribution in [3.05, 3.63) is 50.7 Å². The third-order valence-electron chi connectivity index (χ3n) is 3.95. The molecule has 0 saturated carbocycles. The average molecular weight is 399 g/mol. The largest absolute Gasteiger partial charge is 0.388 e. The highest BCUT2D eigenvalue weighted by Crippen LogP contribution is 2.42. The van der Waals surface area contributed by atoms with Gasteiger partial charge in [0.05, 0.1) is 11.8 Å². The quantitative estimate of drug-likeness (QED) is 0.717. The fraction of sp³-hybridized carbons (Fsp3) is 0.375. The predicted molar refractivity (Wildman–Crippen MR) is 88.2 cm³/mol. The van der Waals surface area contributed by atoms with Crippen molar-refractivity contribution < 1.29 is 5.11 Å². The van der Waals surface area contributed by atoms with Crippen LogP contribution in [0.5, 0.6) is 0 Å². The lowest BCUT2D eigenvalue weighted by atomic mass is 9.75. The van der Waals surface area contributed by atoms with E-state index in [1.165, 1.54) is 5.69 Å². The van der Waals surface area contributed by atoms with Crippen LogP contribution in [-0.2, 0) is 6.42 Å². The zero-order valence-corrected chi connectivity index (χ0v) is 14.7. The van der Waals surface area contributed by atoms with Gasteiger partial charge in [0.1, 0.15) is 0 Å². The van der Waals surface area contributed by atoms with Gasteiger partial charge in [-0.25, -0.2) is 0 Å². The molecule has 1 aromatic heterocycles.